The average molecular weight is 148 g/mol. The van der Waals surface area contributed by atoms with E-state index in [4.69, 9.17) is 9.84 Å². The molecule has 3 N–H and O–H groups in total. The molecule has 0 spiro atoms. The predicted molar refractivity (Wildman–Crippen MR) is 35.1 cm³/mol. The van der Waals surface area contributed by atoms with Crippen LogP contribution in [0.15, 0.2) is 0 Å². The van der Waals surface area contributed by atoms with Gasteiger partial charge in [-0.05, 0) is 0 Å². The highest BCUT2D eigenvalue weighted by Crippen LogP contribution is 1.71. The van der Waals surface area contributed by atoms with Gasteiger partial charge in [0.15, 0.2) is 0 Å². The Balaban J connectivity index is 3.05. The number of hydrogen-bond acceptors (Lipinski definition) is 4. The fraction of sp³-hybridized carbons (Fsp3) is 0.800. The third-order valence-corrected chi connectivity index (χ3v) is 0.733. The van der Waals surface area contributed by atoms with Gasteiger partial charge in [-0.3, -0.25) is 10.2 Å². The molecule has 0 fully saturated rings. The second-order valence-corrected chi connectivity index (χ2v) is 1.57. The Morgan fingerprint density at radius 3 is 2.90 bits per heavy atom. The average Bonchev–Trinajstić information content (AvgIpc) is 1.89. The van der Waals surface area contributed by atoms with Gasteiger partial charge >= 0.3 is 0 Å². The molecule has 0 aromatic carbocycles. The summed E-state index contributed by atoms with van der Waals surface area (Å²) in [6.07, 6.45) is 0. The van der Waals surface area contributed by atoms with Crippen LogP contribution in [-0.4, -0.2) is 37.9 Å². The highest BCUT2D eigenvalue weighted by atomic mass is 16.5. The molecular formula is C5H12N2O3. The van der Waals surface area contributed by atoms with E-state index in [2.05, 4.69) is 10.9 Å². The lowest BCUT2D eigenvalue weighted by Gasteiger charge is -2.01. The molecule has 0 radical (unpaired) electrons. The molecule has 0 saturated carbocycles. The Bertz CT molecular complexity index is 96.9. The summed E-state index contributed by atoms with van der Waals surface area (Å²) in [6, 6.07) is 0. The molecule has 0 aliphatic carbocycles. The molecule has 0 unspecified atom stereocenters. The van der Waals surface area contributed by atoms with Crippen LogP contribution in [0.1, 0.15) is 0 Å². The van der Waals surface area contributed by atoms with Crippen molar-refractivity contribution in [3.8, 4) is 0 Å². The lowest BCUT2D eigenvalue weighted by Crippen LogP contribution is -2.37. The number of ether oxygens (including phenoxy) is 1. The summed E-state index contributed by atoms with van der Waals surface area (Å²) in [5.41, 5.74) is 4.76. The molecule has 5 nitrogen and oxygen atoms in total. The quantitative estimate of drug-likeness (QED) is 0.319. The highest BCUT2D eigenvalue weighted by Gasteiger charge is 1.96. The molecule has 0 aromatic heterocycles. The monoisotopic (exact) mass is 148 g/mol. The van der Waals surface area contributed by atoms with E-state index >= 15 is 0 Å². The van der Waals surface area contributed by atoms with Crippen molar-refractivity contribution in [2.75, 3.05) is 26.9 Å². The summed E-state index contributed by atoms with van der Waals surface area (Å²) >= 11 is 0. The number of carbonyl (C=O) groups excluding carboxylic acids is 1. The Morgan fingerprint density at radius 1 is 1.70 bits per heavy atom. The van der Waals surface area contributed by atoms with Crippen LogP contribution in [0.4, 0.5) is 0 Å². The first-order valence-electron chi connectivity index (χ1n) is 2.95. The topological polar surface area (TPSA) is 70.6 Å². The molecule has 60 valence electrons. The van der Waals surface area contributed by atoms with E-state index < -0.39 is 0 Å². The van der Waals surface area contributed by atoms with E-state index in [0.717, 1.165) is 0 Å². The van der Waals surface area contributed by atoms with Crippen molar-refractivity contribution in [3.63, 3.8) is 0 Å². The molecule has 1 amide bonds. The lowest BCUT2D eigenvalue weighted by atomic mass is 10.6. The molecule has 0 saturated heterocycles. The number of hydrogen-bond donors (Lipinski definition) is 3. The molecule has 0 aromatic rings. The third kappa shape index (κ3) is 5.49. The standard InChI is InChI=1S/C5H12N2O3/c1-6-7-5(9)4-10-3-2-8/h6,8H,2-4H2,1H3,(H,7,9). The maximum atomic E-state index is 10.5. The maximum Gasteiger partial charge on any atom is 0.260 e. The van der Waals surface area contributed by atoms with Crippen LogP contribution in [0, 0.1) is 0 Å². The van der Waals surface area contributed by atoms with Crippen LogP contribution in [0.3, 0.4) is 0 Å². The fourth-order valence-corrected chi connectivity index (χ4v) is 0.405. The fourth-order valence-electron chi connectivity index (χ4n) is 0.405. The van der Waals surface area contributed by atoms with E-state index in [1.54, 1.807) is 7.05 Å². The van der Waals surface area contributed by atoms with Gasteiger partial charge in [0.25, 0.3) is 5.91 Å². The Morgan fingerprint density at radius 2 is 2.40 bits per heavy atom. The zero-order chi connectivity index (χ0) is 7.82. The largest absolute Gasteiger partial charge is 0.394 e. The van der Waals surface area contributed by atoms with Crippen LogP contribution in [0.2, 0.25) is 0 Å². The van der Waals surface area contributed by atoms with Gasteiger partial charge in [0.2, 0.25) is 0 Å². The SMILES string of the molecule is CNNC(=O)COCCO. The van der Waals surface area contributed by atoms with Gasteiger partial charge in [0, 0.05) is 7.05 Å². The van der Waals surface area contributed by atoms with Gasteiger partial charge in [-0.15, -0.1) is 0 Å². The zero-order valence-corrected chi connectivity index (χ0v) is 5.89. The van der Waals surface area contributed by atoms with Gasteiger partial charge in [-0.1, -0.05) is 0 Å². The zero-order valence-electron chi connectivity index (χ0n) is 5.89. The molecule has 0 heterocycles. The number of amides is 1. The van der Waals surface area contributed by atoms with Crippen molar-refractivity contribution in [1.82, 2.24) is 10.9 Å². The number of aliphatic hydroxyl groups is 1. The maximum absolute atomic E-state index is 10.5. The number of rotatable bonds is 5. The van der Waals surface area contributed by atoms with Crippen molar-refractivity contribution < 1.29 is 14.6 Å². The van der Waals surface area contributed by atoms with E-state index in [1.165, 1.54) is 0 Å². The van der Waals surface area contributed by atoms with Crippen molar-refractivity contribution in [1.29, 1.82) is 0 Å². The molecule has 0 atom stereocenters. The van der Waals surface area contributed by atoms with Crippen LogP contribution < -0.4 is 10.9 Å². The van der Waals surface area contributed by atoms with Gasteiger partial charge in [-0.25, -0.2) is 5.43 Å². The van der Waals surface area contributed by atoms with Crippen molar-refractivity contribution in [2.24, 2.45) is 0 Å². The van der Waals surface area contributed by atoms with Crippen LogP contribution >= 0.6 is 0 Å². The normalized spacial score (nSPS) is 9.40. The van der Waals surface area contributed by atoms with Crippen molar-refractivity contribution in [2.45, 2.75) is 0 Å². The van der Waals surface area contributed by atoms with Gasteiger partial charge < -0.3 is 9.84 Å². The second kappa shape index (κ2) is 6.47. The molecular weight excluding hydrogens is 136 g/mol. The smallest absolute Gasteiger partial charge is 0.260 e. The van der Waals surface area contributed by atoms with Crippen LogP contribution in [-0.2, 0) is 9.53 Å². The summed E-state index contributed by atoms with van der Waals surface area (Å²) in [4.78, 5) is 10.5. The van der Waals surface area contributed by atoms with Crippen LogP contribution in [0.5, 0.6) is 0 Å². The first-order chi connectivity index (χ1) is 4.81. The Hall–Kier alpha value is -0.650. The summed E-state index contributed by atoms with van der Waals surface area (Å²) in [6.45, 7) is 0.103. The number of carbonyl (C=O) groups is 1. The highest BCUT2D eigenvalue weighted by molar-refractivity contribution is 5.76. The summed E-state index contributed by atoms with van der Waals surface area (Å²) in [5.74, 6) is -0.254. The minimum Gasteiger partial charge on any atom is -0.394 e. The molecule has 10 heavy (non-hydrogen) atoms. The first-order valence-corrected chi connectivity index (χ1v) is 2.95. The third-order valence-electron chi connectivity index (χ3n) is 0.733. The van der Waals surface area contributed by atoms with Crippen molar-refractivity contribution in [3.05, 3.63) is 0 Å². The van der Waals surface area contributed by atoms with E-state index in [-0.39, 0.29) is 25.7 Å². The van der Waals surface area contributed by atoms with E-state index in [0.29, 0.717) is 0 Å². The van der Waals surface area contributed by atoms with Gasteiger partial charge in [0.05, 0.1) is 13.2 Å². The minimum atomic E-state index is -0.254. The summed E-state index contributed by atoms with van der Waals surface area (Å²) in [7, 11) is 1.59. The van der Waals surface area contributed by atoms with E-state index in [1.807, 2.05) is 0 Å². The molecule has 0 aliphatic rings. The lowest BCUT2D eigenvalue weighted by molar-refractivity contribution is -0.126. The molecule has 0 aliphatic heterocycles. The van der Waals surface area contributed by atoms with E-state index in [9.17, 15) is 4.79 Å². The second-order valence-electron chi connectivity index (χ2n) is 1.57. The molecule has 0 bridgehead atoms. The summed E-state index contributed by atoms with van der Waals surface area (Å²) in [5, 5.41) is 8.24. The summed E-state index contributed by atoms with van der Waals surface area (Å²) < 4.78 is 4.70. The number of nitrogens with one attached hydrogen (secondary N) is 2. The van der Waals surface area contributed by atoms with Gasteiger partial charge in [0.1, 0.15) is 6.61 Å². The molecule has 5 heteroatoms. The Labute approximate surface area is 59.3 Å². The first kappa shape index (κ1) is 9.35. The Kier molecular flexibility index (Phi) is 6.05. The van der Waals surface area contributed by atoms with Gasteiger partial charge in [-0.2, -0.15) is 0 Å². The minimum absolute atomic E-state index is 0.0264. The van der Waals surface area contributed by atoms with Crippen molar-refractivity contribution >= 4 is 5.91 Å². The number of aliphatic hydroxyl groups excluding tert-OH is 1. The number of hydrazine groups is 1. The van der Waals surface area contributed by atoms with Crippen LogP contribution in [0.25, 0.3) is 0 Å². The predicted octanol–water partition coefficient (Wildman–Crippen LogP) is -1.75. The molecule has 0 rings (SSSR count).